The van der Waals surface area contributed by atoms with Crippen LogP contribution in [0.25, 0.3) is 0 Å². The molecule has 2 rings (SSSR count). The molecule has 0 saturated carbocycles. The molecule has 0 N–H and O–H groups in total. The van der Waals surface area contributed by atoms with E-state index in [0.717, 1.165) is 5.41 Å². The van der Waals surface area contributed by atoms with Gasteiger partial charge in [0.15, 0.2) is 15.9 Å². The molecule has 1 aromatic rings. The van der Waals surface area contributed by atoms with E-state index >= 15 is 0 Å². The monoisotopic (exact) mass is 305 g/mol. The Morgan fingerprint density at radius 1 is 1.33 bits per heavy atom. The highest BCUT2D eigenvalue weighted by Gasteiger charge is 2.22. The summed E-state index contributed by atoms with van der Waals surface area (Å²) in [6.07, 6.45) is 2.25. The molecule has 0 bridgehead atoms. The van der Waals surface area contributed by atoms with Crippen molar-refractivity contribution < 1.29 is 13.3 Å². The Kier molecular flexibility index (Phi) is 3.94. The molecule has 1 unspecified atom stereocenters. The summed E-state index contributed by atoms with van der Waals surface area (Å²) in [5.41, 5.74) is 0.533. The lowest BCUT2D eigenvalue weighted by molar-refractivity contribution is 0.111. The van der Waals surface area contributed by atoms with Crippen molar-refractivity contribution >= 4 is 39.3 Å². The summed E-state index contributed by atoms with van der Waals surface area (Å²) in [6.45, 7) is 0. The van der Waals surface area contributed by atoms with Crippen LogP contribution in [0.1, 0.15) is 5.56 Å². The standard InChI is InChI=1S/C11H9Cl2NO3S/c12-10-2-1-3-11(13)9(10)6-14-17-8-4-5-18(15,16)7-8/h1-6,8H,7H2/b14-6+. The predicted octanol–water partition coefficient (Wildman–Crippen LogP) is 2.65. The van der Waals surface area contributed by atoms with Crippen LogP contribution in [0.5, 0.6) is 0 Å². The summed E-state index contributed by atoms with van der Waals surface area (Å²) in [5, 5.41) is 5.72. The minimum absolute atomic E-state index is 0.0966. The van der Waals surface area contributed by atoms with Crippen LogP contribution in [0.4, 0.5) is 0 Å². The molecule has 0 saturated heterocycles. The van der Waals surface area contributed by atoms with E-state index in [9.17, 15) is 8.42 Å². The minimum atomic E-state index is -3.14. The second-order valence-electron chi connectivity index (χ2n) is 3.67. The van der Waals surface area contributed by atoms with Crippen molar-refractivity contribution in [2.45, 2.75) is 6.10 Å². The summed E-state index contributed by atoms with van der Waals surface area (Å²) in [5.74, 6) is -0.0966. The first-order chi connectivity index (χ1) is 8.48. The second-order valence-corrected chi connectivity index (χ2v) is 6.42. The van der Waals surface area contributed by atoms with Crippen molar-refractivity contribution in [3.05, 3.63) is 45.3 Å². The third kappa shape index (κ3) is 3.25. The molecule has 1 atom stereocenters. The number of oxime groups is 1. The Morgan fingerprint density at radius 3 is 2.56 bits per heavy atom. The molecule has 0 amide bonds. The number of sulfone groups is 1. The Morgan fingerprint density at radius 2 is 2.00 bits per heavy atom. The van der Waals surface area contributed by atoms with E-state index in [0.29, 0.717) is 15.6 Å². The fraction of sp³-hybridized carbons (Fsp3) is 0.182. The SMILES string of the molecule is O=S1(=O)C=CC(O/N=C/c2c(Cl)cccc2Cl)C1. The van der Waals surface area contributed by atoms with E-state index in [-0.39, 0.29) is 5.75 Å². The molecule has 0 radical (unpaired) electrons. The van der Waals surface area contributed by atoms with E-state index in [1.807, 2.05) is 0 Å². The first-order valence-corrected chi connectivity index (χ1v) is 7.49. The summed E-state index contributed by atoms with van der Waals surface area (Å²) >= 11 is 11.9. The molecule has 18 heavy (non-hydrogen) atoms. The van der Waals surface area contributed by atoms with Crippen LogP contribution in [0.2, 0.25) is 10.0 Å². The second kappa shape index (κ2) is 5.30. The number of hydrogen-bond donors (Lipinski definition) is 0. The number of nitrogens with zero attached hydrogens (tertiary/aromatic N) is 1. The van der Waals surface area contributed by atoms with Crippen molar-refractivity contribution in [3.8, 4) is 0 Å². The van der Waals surface area contributed by atoms with Gasteiger partial charge in [-0.05, 0) is 18.2 Å². The van der Waals surface area contributed by atoms with Gasteiger partial charge in [0, 0.05) is 11.0 Å². The Bertz CT molecular complexity index is 590. The summed E-state index contributed by atoms with van der Waals surface area (Å²) in [6, 6.07) is 5.07. The van der Waals surface area contributed by atoms with Crippen LogP contribution in [0.15, 0.2) is 34.8 Å². The zero-order valence-electron chi connectivity index (χ0n) is 9.08. The molecular formula is C11H9Cl2NO3S. The average Bonchev–Trinajstić information content (AvgIpc) is 2.63. The molecule has 1 aromatic carbocycles. The van der Waals surface area contributed by atoms with Gasteiger partial charge >= 0.3 is 0 Å². The zero-order chi connectivity index (χ0) is 13.2. The number of halogens is 2. The van der Waals surface area contributed by atoms with E-state index in [2.05, 4.69) is 5.16 Å². The van der Waals surface area contributed by atoms with Gasteiger partial charge in [-0.2, -0.15) is 0 Å². The van der Waals surface area contributed by atoms with Gasteiger partial charge in [-0.15, -0.1) is 0 Å². The van der Waals surface area contributed by atoms with Crippen LogP contribution in [0, 0.1) is 0 Å². The minimum Gasteiger partial charge on any atom is -0.387 e. The maximum absolute atomic E-state index is 11.1. The quantitative estimate of drug-likeness (QED) is 0.637. The summed E-state index contributed by atoms with van der Waals surface area (Å²) in [7, 11) is -3.14. The number of hydrogen-bond acceptors (Lipinski definition) is 4. The Balaban J connectivity index is 2.03. The molecule has 1 heterocycles. The molecule has 4 nitrogen and oxygen atoms in total. The largest absolute Gasteiger partial charge is 0.387 e. The molecule has 0 spiro atoms. The van der Waals surface area contributed by atoms with Crippen molar-refractivity contribution in [3.63, 3.8) is 0 Å². The van der Waals surface area contributed by atoms with E-state index in [1.165, 1.54) is 12.3 Å². The van der Waals surface area contributed by atoms with Gasteiger partial charge in [0.1, 0.15) is 0 Å². The molecule has 96 valence electrons. The van der Waals surface area contributed by atoms with Gasteiger partial charge < -0.3 is 4.84 Å². The van der Waals surface area contributed by atoms with Gasteiger partial charge in [-0.25, -0.2) is 8.42 Å². The summed E-state index contributed by atoms with van der Waals surface area (Å²) < 4.78 is 22.2. The van der Waals surface area contributed by atoms with Gasteiger partial charge in [0.25, 0.3) is 0 Å². The van der Waals surface area contributed by atoms with Crippen LogP contribution < -0.4 is 0 Å². The summed E-state index contributed by atoms with van der Waals surface area (Å²) in [4.78, 5) is 5.04. The first kappa shape index (κ1) is 13.4. The van der Waals surface area contributed by atoms with Gasteiger partial charge in [0.05, 0.1) is 22.0 Å². The first-order valence-electron chi connectivity index (χ1n) is 5.02. The topological polar surface area (TPSA) is 55.7 Å². The third-order valence-corrected chi connectivity index (χ3v) is 4.30. The van der Waals surface area contributed by atoms with Crippen molar-refractivity contribution in [1.29, 1.82) is 0 Å². The van der Waals surface area contributed by atoms with Gasteiger partial charge in [-0.1, -0.05) is 34.4 Å². The third-order valence-electron chi connectivity index (χ3n) is 2.27. The molecule has 0 fully saturated rings. The zero-order valence-corrected chi connectivity index (χ0v) is 11.4. The Labute approximate surface area is 115 Å². The number of rotatable bonds is 3. The highest BCUT2D eigenvalue weighted by Crippen LogP contribution is 2.22. The molecule has 1 aliphatic rings. The Hall–Kier alpha value is -1.04. The fourth-order valence-corrected chi connectivity index (χ4v) is 3.06. The maximum Gasteiger partial charge on any atom is 0.175 e. The van der Waals surface area contributed by atoms with Crippen LogP contribution >= 0.6 is 23.2 Å². The van der Waals surface area contributed by atoms with Crippen molar-refractivity contribution in [1.82, 2.24) is 0 Å². The number of benzene rings is 1. The highest BCUT2D eigenvalue weighted by molar-refractivity contribution is 7.94. The van der Waals surface area contributed by atoms with E-state index < -0.39 is 15.9 Å². The van der Waals surface area contributed by atoms with E-state index in [4.69, 9.17) is 28.0 Å². The highest BCUT2D eigenvalue weighted by atomic mass is 35.5. The average molecular weight is 306 g/mol. The van der Waals surface area contributed by atoms with Crippen molar-refractivity contribution in [2.75, 3.05) is 5.75 Å². The maximum atomic E-state index is 11.1. The van der Waals surface area contributed by atoms with Gasteiger partial charge in [0.2, 0.25) is 0 Å². The smallest absolute Gasteiger partial charge is 0.175 e. The normalized spacial score (nSPS) is 21.6. The van der Waals surface area contributed by atoms with Crippen LogP contribution in [-0.4, -0.2) is 26.5 Å². The molecule has 1 aliphatic heterocycles. The van der Waals surface area contributed by atoms with Crippen LogP contribution in [0.3, 0.4) is 0 Å². The molecule has 0 aliphatic carbocycles. The molecule has 7 heteroatoms. The lowest BCUT2D eigenvalue weighted by Gasteiger charge is -2.04. The molecular weight excluding hydrogens is 297 g/mol. The van der Waals surface area contributed by atoms with Crippen molar-refractivity contribution in [2.24, 2.45) is 5.16 Å². The fourth-order valence-electron chi connectivity index (χ4n) is 1.41. The lowest BCUT2D eigenvalue weighted by atomic mass is 10.2. The van der Waals surface area contributed by atoms with E-state index in [1.54, 1.807) is 18.2 Å². The predicted molar refractivity (Wildman–Crippen MR) is 71.9 cm³/mol. The van der Waals surface area contributed by atoms with Gasteiger partial charge in [-0.3, -0.25) is 0 Å². The lowest BCUT2D eigenvalue weighted by Crippen LogP contribution is -2.12. The van der Waals surface area contributed by atoms with Crippen LogP contribution in [-0.2, 0) is 14.7 Å². The molecule has 0 aromatic heterocycles.